The lowest BCUT2D eigenvalue weighted by Gasteiger charge is -2.39. The van der Waals surface area contributed by atoms with Crippen molar-refractivity contribution in [3.8, 4) is 11.5 Å². The van der Waals surface area contributed by atoms with E-state index in [-0.39, 0.29) is 11.8 Å². The Balaban J connectivity index is 1.57. The Morgan fingerprint density at radius 2 is 1.88 bits per heavy atom. The number of hydrogen-bond donors (Lipinski definition) is 1. The monoisotopic (exact) mass is 328 g/mol. The van der Waals surface area contributed by atoms with Gasteiger partial charge in [0.15, 0.2) is 11.5 Å². The zero-order chi connectivity index (χ0) is 16.7. The Kier molecular flexibility index (Phi) is 3.63. The lowest BCUT2D eigenvalue weighted by atomic mass is 9.98. The van der Waals surface area contributed by atoms with Crippen LogP contribution in [0.15, 0.2) is 18.5 Å². The Morgan fingerprint density at radius 1 is 1.17 bits per heavy atom. The van der Waals surface area contributed by atoms with Crippen molar-refractivity contribution < 1.29 is 14.3 Å². The Morgan fingerprint density at radius 3 is 2.54 bits per heavy atom. The highest BCUT2D eigenvalue weighted by atomic mass is 16.5. The molecule has 4 rings (SSSR count). The van der Waals surface area contributed by atoms with Gasteiger partial charge in [0.1, 0.15) is 12.1 Å². The lowest BCUT2D eigenvalue weighted by molar-refractivity contribution is -0.125. The van der Waals surface area contributed by atoms with E-state index in [1.54, 1.807) is 20.5 Å². The van der Waals surface area contributed by atoms with Gasteiger partial charge in [-0.05, 0) is 18.9 Å². The molecule has 126 valence electrons. The number of nitrogens with zero attached hydrogens (tertiary/aromatic N) is 3. The van der Waals surface area contributed by atoms with Crippen LogP contribution in [0.25, 0.3) is 10.9 Å². The van der Waals surface area contributed by atoms with Crippen molar-refractivity contribution in [3.05, 3.63) is 18.5 Å². The molecule has 2 aromatic rings. The van der Waals surface area contributed by atoms with Gasteiger partial charge in [0.2, 0.25) is 5.91 Å². The number of rotatable bonds is 5. The second-order valence-corrected chi connectivity index (χ2v) is 6.31. The Bertz CT molecular complexity index is 785. The maximum Gasteiger partial charge on any atom is 0.226 e. The summed E-state index contributed by atoms with van der Waals surface area (Å²) >= 11 is 0. The minimum atomic E-state index is 0.0377. The van der Waals surface area contributed by atoms with E-state index in [9.17, 15) is 4.79 Å². The van der Waals surface area contributed by atoms with E-state index in [4.69, 9.17) is 9.47 Å². The van der Waals surface area contributed by atoms with Crippen LogP contribution in [0.1, 0.15) is 12.8 Å². The molecule has 1 saturated carbocycles. The van der Waals surface area contributed by atoms with Gasteiger partial charge in [-0.2, -0.15) is 0 Å². The molecule has 2 heterocycles. The molecule has 1 N–H and O–H groups in total. The predicted octanol–water partition coefficient (Wildman–Crippen LogP) is 1.36. The first-order valence-corrected chi connectivity index (χ1v) is 8.11. The lowest BCUT2D eigenvalue weighted by Crippen LogP contribution is -2.54. The maximum atomic E-state index is 12.1. The van der Waals surface area contributed by atoms with Crippen molar-refractivity contribution in [2.45, 2.75) is 18.9 Å². The van der Waals surface area contributed by atoms with E-state index in [2.05, 4.69) is 20.2 Å². The van der Waals surface area contributed by atoms with Crippen LogP contribution in [0, 0.1) is 5.92 Å². The molecule has 1 amide bonds. The van der Waals surface area contributed by atoms with E-state index < -0.39 is 0 Å². The summed E-state index contributed by atoms with van der Waals surface area (Å²) in [6, 6.07) is 4.14. The van der Waals surface area contributed by atoms with E-state index in [1.165, 1.54) is 0 Å². The fourth-order valence-electron chi connectivity index (χ4n) is 2.99. The third kappa shape index (κ3) is 2.60. The molecule has 1 saturated heterocycles. The molecule has 1 aliphatic heterocycles. The second-order valence-electron chi connectivity index (χ2n) is 6.31. The number of carbonyl (C=O) groups excluding carboxylic acids is 1. The smallest absolute Gasteiger partial charge is 0.226 e. The number of ether oxygens (including phenoxy) is 2. The SMILES string of the molecule is COc1cc2ncnc(N3CC(C(=O)NC4CC4)C3)c2cc1OC. The highest BCUT2D eigenvalue weighted by Gasteiger charge is 2.36. The summed E-state index contributed by atoms with van der Waals surface area (Å²) in [5, 5.41) is 3.96. The summed E-state index contributed by atoms with van der Waals surface area (Å²) in [6.07, 6.45) is 3.77. The number of benzene rings is 1. The van der Waals surface area contributed by atoms with Gasteiger partial charge in [0.05, 0.1) is 25.7 Å². The van der Waals surface area contributed by atoms with Crippen molar-refractivity contribution >= 4 is 22.6 Å². The molecule has 24 heavy (non-hydrogen) atoms. The number of hydrogen-bond acceptors (Lipinski definition) is 6. The number of anilines is 1. The number of carbonyl (C=O) groups is 1. The summed E-state index contributed by atoms with van der Waals surface area (Å²) in [7, 11) is 3.21. The van der Waals surface area contributed by atoms with Crippen molar-refractivity contribution in [1.82, 2.24) is 15.3 Å². The number of aromatic nitrogens is 2. The number of fused-ring (bicyclic) bond motifs is 1. The number of nitrogens with one attached hydrogen (secondary N) is 1. The van der Waals surface area contributed by atoms with E-state index in [0.717, 1.165) is 29.6 Å². The molecule has 2 fully saturated rings. The number of amides is 1. The molecule has 7 heteroatoms. The Labute approximate surface area is 140 Å². The van der Waals surface area contributed by atoms with Crippen molar-refractivity contribution in [2.24, 2.45) is 5.92 Å². The molecule has 7 nitrogen and oxygen atoms in total. The molecule has 1 aliphatic carbocycles. The van der Waals surface area contributed by atoms with Gasteiger partial charge < -0.3 is 19.7 Å². The molecule has 1 aromatic heterocycles. The van der Waals surface area contributed by atoms with Crippen molar-refractivity contribution in [3.63, 3.8) is 0 Å². The quantitative estimate of drug-likeness (QED) is 0.893. The molecular formula is C17H20N4O3. The summed E-state index contributed by atoms with van der Waals surface area (Å²) in [5.74, 6) is 2.31. The van der Waals surface area contributed by atoms with E-state index >= 15 is 0 Å². The molecule has 0 unspecified atom stereocenters. The molecule has 0 bridgehead atoms. The number of methoxy groups -OCH3 is 2. The van der Waals surface area contributed by atoms with Gasteiger partial charge in [0.25, 0.3) is 0 Å². The normalized spacial score (nSPS) is 17.5. The third-order valence-corrected chi connectivity index (χ3v) is 4.60. The standard InChI is InChI=1S/C17H20N4O3/c1-23-14-5-12-13(6-15(14)24-2)18-9-19-16(12)21-7-10(8-21)17(22)20-11-3-4-11/h5-6,9-11H,3-4,7-8H2,1-2H3,(H,20,22). The molecular weight excluding hydrogens is 308 g/mol. The summed E-state index contributed by atoms with van der Waals surface area (Å²) in [4.78, 5) is 22.9. The van der Waals surface area contributed by atoms with Crippen LogP contribution in [0.3, 0.4) is 0 Å². The topological polar surface area (TPSA) is 76.6 Å². The maximum absolute atomic E-state index is 12.1. The fourth-order valence-corrected chi connectivity index (χ4v) is 2.99. The van der Waals surface area contributed by atoms with Crippen LogP contribution in [-0.2, 0) is 4.79 Å². The highest BCUT2D eigenvalue weighted by Crippen LogP contribution is 2.36. The predicted molar refractivity (Wildman–Crippen MR) is 89.5 cm³/mol. The van der Waals surface area contributed by atoms with Crippen LogP contribution in [0.2, 0.25) is 0 Å². The van der Waals surface area contributed by atoms with E-state index in [0.29, 0.717) is 30.6 Å². The molecule has 0 spiro atoms. The average molecular weight is 328 g/mol. The summed E-state index contributed by atoms with van der Waals surface area (Å²) in [5.41, 5.74) is 0.795. The Hall–Kier alpha value is -2.57. The zero-order valence-electron chi connectivity index (χ0n) is 13.8. The fraction of sp³-hybridized carbons (Fsp3) is 0.471. The molecule has 1 aromatic carbocycles. The molecule has 0 radical (unpaired) electrons. The van der Waals surface area contributed by atoms with Gasteiger partial charge in [-0.25, -0.2) is 9.97 Å². The summed E-state index contributed by atoms with van der Waals surface area (Å²) in [6.45, 7) is 1.36. The average Bonchev–Trinajstić information content (AvgIpc) is 3.36. The van der Waals surface area contributed by atoms with Gasteiger partial charge in [-0.3, -0.25) is 4.79 Å². The minimum Gasteiger partial charge on any atom is -0.493 e. The summed E-state index contributed by atoms with van der Waals surface area (Å²) < 4.78 is 10.7. The third-order valence-electron chi connectivity index (χ3n) is 4.60. The first kappa shape index (κ1) is 15.0. The first-order chi connectivity index (χ1) is 11.7. The highest BCUT2D eigenvalue weighted by molar-refractivity contribution is 5.93. The van der Waals surface area contributed by atoms with Gasteiger partial charge in [0, 0.05) is 30.6 Å². The molecule has 0 atom stereocenters. The van der Waals surface area contributed by atoms with Crippen LogP contribution >= 0.6 is 0 Å². The van der Waals surface area contributed by atoms with Gasteiger partial charge in [-0.15, -0.1) is 0 Å². The van der Waals surface area contributed by atoms with Crippen LogP contribution in [0.4, 0.5) is 5.82 Å². The van der Waals surface area contributed by atoms with Crippen LogP contribution in [0.5, 0.6) is 11.5 Å². The van der Waals surface area contributed by atoms with E-state index in [1.807, 2.05) is 12.1 Å². The van der Waals surface area contributed by atoms with Crippen molar-refractivity contribution in [2.75, 3.05) is 32.2 Å². The minimum absolute atomic E-state index is 0.0377. The second kappa shape index (κ2) is 5.81. The van der Waals surface area contributed by atoms with Crippen LogP contribution < -0.4 is 19.7 Å². The van der Waals surface area contributed by atoms with Crippen molar-refractivity contribution in [1.29, 1.82) is 0 Å². The zero-order valence-corrected chi connectivity index (χ0v) is 13.8. The first-order valence-electron chi connectivity index (χ1n) is 8.11. The van der Waals surface area contributed by atoms with Gasteiger partial charge in [-0.1, -0.05) is 0 Å². The largest absolute Gasteiger partial charge is 0.493 e. The van der Waals surface area contributed by atoms with Gasteiger partial charge >= 0.3 is 0 Å². The molecule has 2 aliphatic rings. The van der Waals surface area contributed by atoms with Crippen LogP contribution in [-0.4, -0.2) is 49.2 Å².